The normalized spacial score (nSPS) is 12.8. The molecule has 140 valence electrons. The number of rotatable bonds is 11. The van der Waals surface area contributed by atoms with Crippen LogP contribution < -0.4 is 10.6 Å². The van der Waals surface area contributed by atoms with Crippen LogP contribution in [0.25, 0.3) is 0 Å². The minimum Gasteiger partial charge on any atom is -0.356 e. The highest BCUT2D eigenvalue weighted by atomic mass is 127. The smallest absolute Gasteiger partial charge is 0.190 e. The predicted molar refractivity (Wildman–Crippen MR) is 119 cm³/mol. The SMILES string of the molecule is CN=C(NCCCCCCCN(C)C)NCC(C)c1ccsc1.I. The molecule has 0 bridgehead atoms. The number of nitrogens with zero attached hydrogens (tertiary/aromatic N) is 2. The van der Waals surface area contributed by atoms with Crippen molar-refractivity contribution in [2.75, 3.05) is 40.8 Å². The summed E-state index contributed by atoms with van der Waals surface area (Å²) in [7, 11) is 6.12. The first kappa shape index (κ1) is 23.7. The monoisotopic (exact) mass is 466 g/mol. The first-order chi connectivity index (χ1) is 11.1. The Morgan fingerprint density at radius 1 is 1.17 bits per heavy atom. The lowest BCUT2D eigenvalue weighted by Crippen LogP contribution is -2.39. The van der Waals surface area contributed by atoms with Crippen LogP contribution in [0.3, 0.4) is 0 Å². The van der Waals surface area contributed by atoms with Gasteiger partial charge in [-0.05, 0) is 61.8 Å². The highest BCUT2D eigenvalue weighted by Crippen LogP contribution is 2.16. The molecule has 0 aliphatic heterocycles. The van der Waals surface area contributed by atoms with Crippen LogP contribution in [0.1, 0.15) is 50.5 Å². The first-order valence-electron chi connectivity index (χ1n) is 8.74. The molecular weight excluding hydrogens is 431 g/mol. The highest BCUT2D eigenvalue weighted by Gasteiger charge is 2.06. The van der Waals surface area contributed by atoms with Gasteiger partial charge in [-0.25, -0.2) is 0 Å². The van der Waals surface area contributed by atoms with E-state index in [1.165, 1.54) is 44.2 Å². The molecule has 0 aliphatic rings. The van der Waals surface area contributed by atoms with Crippen LogP contribution in [-0.2, 0) is 0 Å². The number of nitrogens with one attached hydrogen (secondary N) is 2. The fourth-order valence-electron chi connectivity index (χ4n) is 2.43. The summed E-state index contributed by atoms with van der Waals surface area (Å²) >= 11 is 1.76. The summed E-state index contributed by atoms with van der Waals surface area (Å²) in [5.74, 6) is 1.43. The molecule has 0 saturated carbocycles. The zero-order valence-corrected chi connectivity index (χ0v) is 18.8. The van der Waals surface area contributed by atoms with Gasteiger partial charge in [0.15, 0.2) is 5.96 Å². The summed E-state index contributed by atoms with van der Waals surface area (Å²) in [4.78, 5) is 6.56. The van der Waals surface area contributed by atoms with Crippen LogP contribution in [0.15, 0.2) is 21.8 Å². The molecule has 4 nitrogen and oxygen atoms in total. The van der Waals surface area contributed by atoms with E-state index >= 15 is 0 Å². The van der Waals surface area contributed by atoms with E-state index in [-0.39, 0.29) is 24.0 Å². The number of guanidine groups is 1. The van der Waals surface area contributed by atoms with Crippen molar-refractivity contribution < 1.29 is 0 Å². The molecule has 24 heavy (non-hydrogen) atoms. The van der Waals surface area contributed by atoms with Crippen molar-refractivity contribution in [3.05, 3.63) is 22.4 Å². The maximum atomic E-state index is 4.30. The lowest BCUT2D eigenvalue weighted by atomic mass is 10.1. The number of thiophene rings is 1. The number of hydrogen-bond acceptors (Lipinski definition) is 3. The number of unbranched alkanes of at least 4 members (excludes halogenated alkanes) is 4. The fraction of sp³-hybridized carbons (Fsp3) is 0.722. The van der Waals surface area contributed by atoms with Crippen molar-refractivity contribution in [3.63, 3.8) is 0 Å². The minimum absolute atomic E-state index is 0. The third-order valence-electron chi connectivity index (χ3n) is 3.99. The molecular formula is C18H35IN4S. The third kappa shape index (κ3) is 11.3. The van der Waals surface area contributed by atoms with E-state index in [1.54, 1.807) is 11.3 Å². The fourth-order valence-corrected chi connectivity index (χ4v) is 3.22. The van der Waals surface area contributed by atoms with Crippen LogP contribution >= 0.6 is 35.3 Å². The second-order valence-electron chi connectivity index (χ2n) is 6.41. The van der Waals surface area contributed by atoms with Crippen LogP contribution in [0.2, 0.25) is 0 Å². The van der Waals surface area contributed by atoms with Gasteiger partial charge in [-0.2, -0.15) is 11.3 Å². The van der Waals surface area contributed by atoms with E-state index < -0.39 is 0 Å². The molecule has 2 N–H and O–H groups in total. The second-order valence-corrected chi connectivity index (χ2v) is 7.19. The van der Waals surface area contributed by atoms with Crippen molar-refractivity contribution in [1.82, 2.24) is 15.5 Å². The molecule has 0 fully saturated rings. The summed E-state index contributed by atoms with van der Waals surface area (Å²) < 4.78 is 0. The maximum Gasteiger partial charge on any atom is 0.190 e. The quantitative estimate of drug-likeness (QED) is 0.223. The van der Waals surface area contributed by atoms with Gasteiger partial charge in [0.1, 0.15) is 0 Å². The van der Waals surface area contributed by atoms with Gasteiger partial charge in [-0.1, -0.05) is 26.2 Å². The van der Waals surface area contributed by atoms with E-state index in [0.717, 1.165) is 19.0 Å². The van der Waals surface area contributed by atoms with E-state index in [0.29, 0.717) is 5.92 Å². The van der Waals surface area contributed by atoms with Gasteiger partial charge in [0.25, 0.3) is 0 Å². The number of aliphatic imine (C=N–C) groups is 1. The Morgan fingerprint density at radius 3 is 2.50 bits per heavy atom. The van der Waals surface area contributed by atoms with Crippen LogP contribution in [0, 0.1) is 0 Å². The summed E-state index contributed by atoms with van der Waals surface area (Å²) in [5.41, 5.74) is 1.40. The average Bonchev–Trinajstić information content (AvgIpc) is 3.06. The van der Waals surface area contributed by atoms with Gasteiger partial charge in [0.2, 0.25) is 0 Å². The topological polar surface area (TPSA) is 39.7 Å². The molecule has 1 aromatic rings. The summed E-state index contributed by atoms with van der Waals surface area (Å²) in [5, 5.41) is 11.2. The van der Waals surface area contributed by atoms with Crippen LogP contribution in [0.5, 0.6) is 0 Å². The van der Waals surface area contributed by atoms with Crippen LogP contribution in [-0.4, -0.2) is 51.6 Å². The molecule has 0 saturated heterocycles. The second kappa shape index (κ2) is 15.0. The van der Waals surface area contributed by atoms with Gasteiger partial charge in [-0.3, -0.25) is 4.99 Å². The van der Waals surface area contributed by atoms with Crippen molar-refractivity contribution in [1.29, 1.82) is 0 Å². The Balaban J connectivity index is 0.00000529. The Morgan fingerprint density at radius 2 is 1.88 bits per heavy atom. The molecule has 0 amide bonds. The van der Waals surface area contributed by atoms with Crippen molar-refractivity contribution in [3.8, 4) is 0 Å². The van der Waals surface area contributed by atoms with Crippen molar-refractivity contribution in [2.24, 2.45) is 4.99 Å². The van der Waals surface area contributed by atoms with Crippen LogP contribution in [0.4, 0.5) is 0 Å². The Labute approximate surface area is 169 Å². The molecule has 1 atom stereocenters. The molecule has 1 unspecified atom stereocenters. The van der Waals surface area contributed by atoms with E-state index in [9.17, 15) is 0 Å². The Hall–Kier alpha value is -0.340. The van der Waals surface area contributed by atoms with Crippen molar-refractivity contribution in [2.45, 2.75) is 44.9 Å². The van der Waals surface area contributed by atoms with Gasteiger partial charge < -0.3 is 15.5 Å². The maximum absolute atomic E-state index is 4.30. The first-order valence-corrected chi connectivity index (χ1v) is 9.69. The Bertz CT molecular complexity index is 421. The largest absolute Gasteiger partial charge is 0.356 e. The van der Waals surface area contributed by atoms with Gasteiger partial charge >= 0.3 is 0 Å². The molecule has 0 aromatic carbocycles. The third-order valence-corrected chi connectivity index (χ3v) is 4.69. The number of halogens is 1. The van der Waals surface area contributed by atoms with Crippen molar-refractivity contribution >= 4 is 41.3 Å². The lowest BCUT2D eigenvalue weighted by Gasteiger charge is -2.15. The van der Waals surface area contributed by atoms with E-state index in [4.69, 9.17) is 0 Å². The summed E-state index contributed by atoms with van der Waals surface area (Å²) in [6.45, 7) is 5.37. The molecule has 0 spiro atoms. The molecule has 0 aliphatic carbocycles. The standard InChI is InChI=1S/C18H34N4S.HI/c1-16(17-10-13-23-15-17)14-21-18(19-2)20-11-8-6-5-7-9-12-22(3)4;/h10,13,15-16H,5-9,11-12,14H2,1-4H3,(H2,19,20,21);1H. The highest BCUT2D eigenvalue weighted by molar-refractivity contribution is 14.0. The van der Waals surface area contributed by atoms with E-state index in [1.807, 2.05) is 7.05 Å². The lowest BCUT2D eigenvalue weighted by molar-refractivity contribution is 0.389. The van der Waals surface area contributed by atoms with E-state index in [2.05, 4.69) is 58.4 Å². The summed E-state index contributed by atoms with van der Waals surface area (Å²) in [6.07, 6.45) is 6.48. The summed E-state index contributed by atoms with van der Waals surface area (Å²) in [6, 6.07) is 2.20. The van der Waals surface area contributed by atoms with Gasteiger partial charge in [0, 0.05) is 20.1 Å². The predicted octanol–water partition coefficient (Wildman–Crippen LogP) is 4.15. The van der Waals surface area contributed by atoms with Gasteiger partial charge in [-0.15, -0.1) is 24.0 Å². The Kier molecular flexibility index (Phi) is 14.7. The molecule has 1 heterocycles. The molecule has 6 heteroatoms. The zero-order valence-electron chi connectivity index (χ0n) is 15.7. The average molecular weight is 466 g/mol. The number of hydrogen-bond donors (Lipinski definition) is 2. The molecule has 1 aromatic heterocycles. The minimum atomic E-state index is 0. The molecule has 1 rings (SSSR count). The zero-order chi connectivity index (χ0) is 16.9. The van der Waals surface area contributed by atoms with Gasteiger partial charge in [0.05, 0.1) is 0 Å². The molecule has 0 radical (unpaired) electrons.